The number of unbranched alkanes of at least 4 members (excludes halogenated alkanes) is 1. The predicted octanol–water partition coefficient (Wildman–Crippen LogP) is 6.31. The molecule has 1 aliphatic carbocycles. The second kappa shape index (κ2) is 9.55. The van der Waals surface area contributed by atoms with Crippen molar-refractivity contribution in [2.75, 3.05) is 0 Å². The van der Waals surface area contributed by atoms with Gasteiger partial charge >= 0.3 is 0 Å². The van der Waals surface area contributed by atoms with E-state index in [9.17, 15) is 0 Å². The lowest BCUT2D eigenvalue weighted by Gasteiger charge is -2.25. The molecule has 1 fully saturated rings. The predicted molar refractivity (Wildman–Crippen MR) is 109 cm³/mol. The van der Waals surface area contributed by atoms with Crippen LogP contribution in [-0.4, -0.2) is 9.97 Å². The maximum Gasteiger partial charge on any atom is 0.159 e. The molecule has 1 aromatic carbocycles. The Morgan fingerprint density at radius 2 is 1.77 bits per heavy atom. The van der Waals surface area contributed by atoms with Gasteiger partial charge in [-0.15, -0.1) is 6.58 Å². The molecule has 0 aliphatic heterocycles. The zero-order valence-electron chi connectivity index (χ0n) is 15.1. The van der Waals surface area contributed by atoms with Gasteiger partial charge in [0.25, 0.3) is 0 Å². The molecular formula is C23H25ClN2. The molecule has 1 saturated carbocycles. The molecule has 0 atom stereocenters. The van der Waals surface area contributed by atoms with Gasteiger partial charge in [-0.05, 0) is 68.7 Å². The van der Waals surface area contributed by atoms with Crippen LogP contribution in [0, 0.1) is 23.7 Å². The van der Waals surface area contributed by atoms with Crippen molar-refractivity contribution >= 4 is 11.6 Å². The van der Waals surface area contributed by atoms with Crippen molar-refractivity contribution in [3.8, 4) is 23.2 Å². The SMILES string of the molecule is C=CCCC[C@H]1CC[C@H](C#Cc2cnc(-c3ccc(Cl)cc3)nc2)CC1. The van der Waals surface area contributed by atoms with Crippen LogP contribution in [0.1, 0.15) is 50.5 Å². The van der Waals surface area contributed by atoms with Crippen LogP contribution < -0.4 is 0 Å². The molecule has 0 bridgehead atoms. The standard InChI is InChI=1S/C23H25ClN2/c1-2-3-4-5-18-6-8-19(9-7-18)10-11-20-16-25-23(26-17-20)21-12-14-22(24)15-13-21/h2,12-19H,1,3-9H2/t18-,19-. The van der Waals surface area contributed by atoms with Crippen LogP contribution in [0.3, 0.4) is 0 Å². The molecule has 3 heteroatoms. The lowest BCUT2D eigenvalue weighted by atomic mass is 9.80. The normalized spacial score (nSPS) is 19.4. The quantitative estimate of drug-likeness (QED) is 0.353. The molecule has 0 amide bonds. The Labute approximate surface area is 161 Å². The highest BCUT2D eigenvalue weighted by atomic mass is 35.5. The van der Waals surface area contributed by atoms with E-state index in [1.807, 2.05) is 42.7 Å². The molecule has 0 N–H and O–H groups in total. The molecular weight excluding hydrogens is 340 g/mol. The van der Waals surface area contributed by atoms with E-state index in [1.54, 1.807) is 0 Å². The van der Waals surface area contributed by atoms with Gasteiger partial charge in [0, 0.05) is 28.9 Å². The number of rotatable bonds is 5. The first-order chi connectivity index (χ1) is 12.7. The third-order valence-electron chi connectivity index (χ3n) is 5.04. The maximum absolute atomic E-state index is 5.92. The molecule has 0 unspecified atom stereocenters. The summed E-state index contributed by atoms with van der Waals surface area (Å²) in [6, 6.07) is 7.55. The van der Waals surface area contributed by atoms with Crippen molar-refractivity contribution in [2.45, 2.75) is 44.9 Å². The molecule has 134 valence electrons. The van der Waals surface area contributed by atoms with Gasteiger partial charge in [0.2, 0.25) is 0 Å². The van der Waals surface area contributed by atoms with Gasteiger partial charge in [0.15, 0.2) is 5.82 Å². The van der Waals surface area contributed by atoms with Crippen molar-refractivity contribution < 1.29 is 0 Å². The number of hydrogen-bond donors (Lipinski definition) is 0. The Kier molecular flexibility index (Phi) is 6.86. The highest BCUT2D eigenvalue weighted by Crippen LogP contribution is 2.31. The first-order valence-corrected chi connectivity index (χ1v) is 9.83. The monoisotopic (exact) mass is 364 g/mol. The van der Waals surface area contributed by atoms with Gasteiger partial charge in [0.05, 0.1) is 5.56 Å². The van der Waals surface area contributed by atoms with E-state index >= 15 is 0 Å². The van der Waals surface area contributed by atoms with Crippen LogP contribution in [0.25, 0.3) is 11.4 Å². The number of benzene rings is 1. The van der Waals surface area contributed by atoms with Crippen molar-refractivity contribution in [1.29, 1.82) is 0 Å². The summed E-state index contributed by atoms with van der Waals surface area (Å²) < 4.78 is 0. The third-order valence-corrected chi connectivity index (χ3v) is 5.29. The minimum atomic E-state index is 0.515. The van der Waals surface area contributed by atoms with Crippen LogP contribution in [0.15, 0.2) is 49.3 Å². The number of halogens is 1. The van der Waals surface area contributed by atoms with Gasteiger partial charge in [-0.2, -0.15) is 0 Å². The molecule has 3 rings (SSSR count). The van der Waals surface area contributed by atoms with Gasteiger partial charge in [-0.3, -0.25) is 0 Å². The van der Waals surface area contributed by atoms with Crippen molar-refractivity contribution in [3.05, 3.63) is 59.9 Å². The fourth-order valence-corrected chi connectivity index (χ4v) is 3.60. The van der Waals surface area contributed by atoms with Crippen LogP contribution >= 0.6 is 11.6 Å². The average Bonchev–Trinajstić information content (AvgIpc) is 2.69. The Morgan fingerprint density at radius 1 is 1.08 bits per heavy atom. The average molecular weight is 365 g/mol. The van der Waals surface area contributed by atoms with Gasteiger partial charge in [0.1, 0.15) is 0 Å². The van der Waals surface area contributed by atoms with E-state index in [-0.39, 0.29) is 0 Å². The highest BCUT2D eigenvalue weighted by molar-refractivity contribution is 6.30. The number of hydrogen-bond acceptors (Lipinski definition) is 2. The molecule has 1 aromatic heterocycles. The van der Waals surface area contributed by atoms with E-state index in [4.69, 9.17) is 11.6 Å². The fraction of sp³-hybridized carbons (Fsp3) is 0.391. The number of aromatic nitrogens is 2. The molecule has 0 saturated heterocycles. The molecule has 2 aromatic rings. The molecule has 0 radical (unpaired) electrons. The summed E-state index contributed by atoms with van der Waals surface area (Å²) in [6.07, 6.45) is 14.5. The lowest BCUT2D eigenvalue weighted by molar-refractivity contribution is 0.297. The summed E-state index contributed by atoms with van der Waals surface area (Å²) >= 11 is 5.92. The maximum atomic E-state index is 5.92. The van der Waals surface area contributed by atoms with Crippen LogP contribution in [0.2, 0.25) is 5.02 Å². The Hall–Kier alpha value is -2.11. The van der Waals surface area contributed by atoms with Crippen LogP contribution in [0.5, 0.6) is 0 Å². The van der Waals surface area contributed by atoms with E-state index in [0.717, 1.165) is 23.5 Å². The zero-order valence-corrected chi connectivity index (χ0v) is 15.9. The lowest BCUT2D eigenvalue weighted by Crippen LogP contribution is -2.13. The van der Waals surface area contributed by atoms with E-state index < -0.39 is 0 Å². The summed E-state index contributed by atoms with van der Waals surface area (Å²) in [5.74, 6) is 8.79. The molecule has 1 heterocycles. The second-order valence-corrected chi connectivity index (χ2v) is 7.45. The minimum absolute atomic E-state index is 0.515. The molecule has 2 nitrogen and oxygen atoms in total. The largest absolute Gasteiger partial charge is 0.235 e. The Bertz CT molecular complexity index is 761. The summed E-state index contributed by atoms with van der Waals surface area (Å²) in [5.41, 5.74) is 1.85. The Balaban J connectivity index is 1.52. The van der Waals surface area contributed by atoms with Crippen molar-refractivity contribution in [2.24, 2.45) is 11.8 Å². The first-order valence-electron chi connectivity index (χ1n) is 9.45. The van der Waals surface area contributed by atoms with Gasteiger partial charge in [-0.1, -0.05) is 35.9 Å². The summed E-state index contributed by atoms with van der Waals surface area (Å²) in [5, 5.41) is 0.715. The topological polar surface area (TPSA) is 25.8 Å². The van der Waals surface area contributed by atoms with Gasteiger partial charge < -0.3 is 0 Å². The minimum Gasteiger partial charge on any atom is -0.235 e. The van der Waals surface area contributed by atoms with Crippen LogP contribution in [-0.2, 0) is 0 Å². The Morgan fingerprint density at radius 3 is 2.42 bits per heavy atom. The smallest absolute Gasteiger partial charge is 0.159 e. The molecule has 26 heavy (non-hydrogen) atoms. The van der Waals surface area contributed by atoms with E-state index in [1.165, 1.54) is 38.5 Å². The number of allylic oxidation sites excluding steroid dienone is 1. The summed E-state index contributed by atoms with van der Waals surface area (Å²) in [6.45, 7) is 3.80. The van der Waals surface area contributed by atoms with Crippen molar-refractivity contribution in [1.82, 2.24) is 9.97 Å². The fourth-order valence-electron chi connectivity index (χ4n) is 3.47. The van der Waals surface area contributed by atoms with E-state index in [0.29, 0.717) is 16.8 Å². The molecule has 1 aliphatic rings. The van der Waals surface area contributed by atoms with Crippen LogP contribution in [0.4, 0.5) is 0 Å². The molecule has 0 spiro atoms. The second-order valence-electron chi connectivity index (χ2n) is 7.01. The zero-order chi connectivity index (χ0) is 18.2. The third kappa shape index (κ3) is 5.44. The first kappa shape index (κ1) is 18.7. The number of nitrogens with zero attached hydrogens (tertiary/aromatic N) is 2. The summed E-state index contributed by atoms with van der Waals surface area (Å²) in [4.78, 5) is 8.86. The van der Waals surface area contributed by atoms with Crippen molar-refractivity contribution in [3.63, 3.8) is 0 Å². The summed E-state index contributed by atoms with van der Waals surface area (Å²) in [7, 11) is 0. The highest BCUT2D eigenvalue weighted by Gasteiger charge is 2.19. The van der Waals surface area contributed by atoms with E-state index in [2.05, 4.69) is 28.4 Å². The van der Waals surface area contributed by atoms with Gasteiger partial charge in [-0.25, -0.2) is 9.97 Å².